The highest BCUT2D eigenvalue weighted by Crippen LogP contribution is 2.41. The predicted octanol–water partition coefficient (Wildman–Crippen LogP) is 3.13. The van der Waals surface area contributed by atoms with Crippen molar-refractivity contribution in [3.63, 3.8) is 0 Å². The molecule has 0 saturated heterocycles. The summed E-state index contributed by atoms with van der Waals surface area (Å²) < 4.78 is 38.7. The van der Waals surface area contributed by atoms with Crippen molar-refractivity contribution < 1.29 is 18.0 Å². The quantitative estimate of drug-likeness (QED) is 0.788. The van der Waals surface area contributed by atoms with E-state index in [0.717, 1.165) is 0 Å². The Morgan fingerprint density at radius 2 is 1.89 bits per heavy atom. The molecule has 1 aliphatic rings. The van der Waals surface area contributed by atoms with Crippen LogP contribution in [0.4, 0.5) is 13.2 Å². The summed E-state index contributed by atoms with van der Waals surface area (Å²) in [5, 5.41) is 2.56. The van der Waals surface area contributed by atoms with Crippen LogP contribution in [0, 0.1) is 30.1 Å². The molecular formula is C14H20F3NO. The van der Waals surface area contributed by atoms with Crippen LogP contribution in [0.15, 0.2) is 0 Å². The third-order valence-electron chi connectivity index (χ3n) is 3.67. The average molecular weight is 275 g/mol. The van der Waals surface area contributed by atoms with Gasteiger partial charge in [0, 0.05) is 5.92 Å². The van der Waals surface area contributed by atoms with E-state index in [1.54, 1.807) is 0 Å². The van der Waals surface area contributed by atoms with Crippen molar-refractivity contribution in [1.29, 1.82) is 0 Å². The van der Waals surface area contributed by atoms with Crippen molar-refractivity contribution >= 4 is 5.91 Å². The number of amides is 1. The molecule has 3 atom stereocenters. The first-order valence-corrected chi connectivity index (χ1v) is 6.60. The number of hydrogen-bond donors (Lipinski definition) is 1. The van der Waals surface area contributed by atoms with Crippen molar-refractivity contribution in [3.8, 4) is 12.3 Å². The van der Waals surface area contributed by atoms with Gasteiger partial charge in [0.05, 0.1) is 12.0 Å². The summed E-state index contributed by atoms with van der Waals surface area (Å²) in [5.41, 5.74) is 0. The molecule has 108 valence electrons. The second-order valence-corrected chi connectivity index (χ2v) is 5.44. The summed E-state index contributed by atoms with van der Waals surface area (Å²) in [4.78, 5) is 12.0. The zero-order chi connectivity index (χ0) is 14.6. The van der Waals surface area contributed by atoms with Crippen LogP contribution in [-0.4, -0.2) is 18.1 Å². The van der Waals surface area contributed by atoms with E-state index in [4.69, 9.17) is 6.42 Å². The number of rotatable bonds is 3. The second-order valence-electron chi connectivity index (χ2n) is 5.44. The molecular weight excluding hydrogens is 255 g/mol. The standard InChI is InChI=1S/C14H20F3NO/c1-4-12(9(2)3)18-13(19)10-7-5-6-8-11(10)14(15,16)17/h1,9-12H,5-8H2,2-3H3,(H,18,19). The number of carbonyl (C=O) groups is 1. The van der Waals surface area contributed by atoms with Crippen LogP contribution < -0.4 is 5.32 Å². The van der Waals surface area contributed by atoms with Crippen molar-refractivity contribution in [2.45, 2.75) is 51.7 Å². The van der Waals surface area contributed by atoms with Crippen LogP contribution in [0.1, 0.15) is 39.5 Å². The number of halogens is 3. The molecule has 0 aromatic heterocycles. The first kappa shape index (κ1) is 15.9. The first-order chi connectivity index (χ1) is 8.77. The van der Waals surface area contributed by atoms with E-state index in [0.29, 0.717) is 12.8 Å². The van der Waals surface area contributed by atoms with Gasteiger partial charge in [0.2, 0.25) is 5.91 Å². The van der Waals surface area contributed by atoms with E-state index in [9.17, 15) is 18.0 Å². The van der Waals surface area contributed by atoms with Crippen LogP contribution in [0.2, 0.25) is 0 Å². The third kappa shape index (κ3) is 4.15. The Hall–Kier alpha value is -1.18. The van der Waals surface area contributed by atoms with Gasteiger partial charge in [-0.15, -0.1) is 6.42 Å². The fourth-order valence-electron chi connectivity index (χ4n) is 2.50. The van der Waals surface area contributed by atoms with Crippen molar-refractivity contribution in [3.05, 3.63) is 0 Å². The Balaban J connectivity index is 2.76. The lowest BCUT2D eigenvalue weighted by molar-refractivity contribution is -0.198. The molecule has 1 N–H and O–H groups in total. The van der Waals surface area contributed by atoms with Crippen LogP contribution in [-0.2, 0) is 4.79 Å². The zero-order valence-electron chi connectivity index (χ0n) is 11.3. The van der Waals surface area contributed by atoms with Crippen molar-refractivity contribution in [2.24, 2.45) is 17.8 Å². The molecule has 1 amide bonds. The van der Waals surface area contributed by atoms with Crippen LogP contribution >= 0.6 is 0 Å². The molecule has 0 aliphatic heterocycles. The molecule has 1 saturated carbocycles. The summed E-state index contributed by atoms with van der Waals surface area (Å²) in [6.07, 6.45) is 2.47. The van der Waals surface area contributed by atoms with Crippen LogP contribution in [0.25, 0.3) is 0 Å². The fraction of sp³-hybridized carbons (Fsp3) is 0.786. The van der Waals surface area contributed by atoms with Gasteiger partial charge in [-0.2, -0.15) is 13.2 Å². The van der Waals surface area contributed by atoms with E-state index in [1.807, 2.05) is 13.8 Å². The molecule has 0 bridgehead atoms. The first-order valence-electron chi connectivity index (χ1n) is 6.60. The van der Waals surface area contributed by atoms with E-state index in [2.05, 4.69) is 11.2 Å². The van der Waals surface area contributed by atoms with Gasteiger partial charge in [0.1, 0.15) is 0 Å². The smallest absolute Gasteiger partial charge is 0.342 e. The van der Waals surface area contributed by atoms with Gasteiger partial charge in [-0.1, -0.05) is 32.6 Å². The number of carbonyl (C=O) groups excluding carboxylic acids is 1. The molecule has 2 nitrogen and oxygen atoms in total. The molecule has 3 unspecified atom stereocenters. The Kier molecular flexibility index (Phi) is 5.28. The molecule has 0 aromatic carbocycles. The molecule has 0 aromatic rings. The minimum absolute atomic E-state index is 0.00174. The molecule has 1 fully saturated rings. The van der Waals surface area contributed by atoms with Crippen molar-refractivity contribution in [1.82, 2.24) is 5.32 Å². The summed E-state index contributed by atoms with van der Waals surface area (Å²) in [6, 6.07) is -0.511. The molecule has 0 radical (unpaired) electrons. The number of alkyl halides is 3. The fourth-order valence-corrected chi connectivity index (χ4v) is 2.50. The highest BCUT2D eigenvalue weighted by molar-refractivity contribution is 5.79. The number of nitrogens with one attached hydrogen (secondary N) is 1. The van der Waals surface area contributed by atoms with Crippen LogP contribution in [0.3, 0.4) is 0 Å². The second kappa shape index (κ2) is 6.31. The van der Waals surface area contributed by atoms with E-state index in [-0.39, 0.29) is 18.8 Å². The molecule has 5 heteroatoms. The topological polar surface area (TPSA) is 29.1 Å². The summed E-state index contributed by atoms with van der Waals surface area (Å²) in [7, 11) is 0. The maximum absolute atomic E-state index is 12.9. The van der Waals surface area contributed by atoms with E-state index >= 15 is 0 Å². The Morgan fingerprint density at radius 1 is 1.32 bits per heavy atom. The zero-order valence-corrected chi connectivity index (χ0v) is 11.3. The predicted molar refractivity (Wildman–Crippen MR) is 67.1 cm³/mol. The maximum atomic E-state index is 12.9. The highest BCUT2D eigenvalue weighted by atomic mass is 19.4. The van der Waals surface area contributed by atoms with Crippen molar-refractivity contribution in [2.75, 3.05) is 0 Å². The van der Waals surface area contributed by atoms with Gasteiger partial charge >= 0.3 is 6.18 Å². The van der Waals surface area contributed by atoms with Gasteiger partial charge < -0.3 is 5.32 Å². The van der Waals surface area contributed by atoms with Crippen LogP contribution in [0.5, 0.6) is 0 Å². The summed E-state index contributed by atoms with van der Waals surface area (Å²) in [5.74, 6) is -0.675. The number of hydrogen-bond acceptors (Lipinski definition) is 1. The monoisotopic (exact) mass is 275 g/mol. The average Bonchev–Trinajstić information content (AvgIpc) is 2.34. The van der Waals surface area contributed by atoms with Gasteiger partial charge in [0.25, 0.3) is 0 Å². The lowest BCUT2D eigenvalue weighted by Crippen LogP contribution is -2.46. The van der Waals surface area contributed by atoms with Gasteiger partial charge in [0.15, 0.2) is 0 Å². The van der Waals surface area contributed by atoms with Gasteiger partial charge in [-0.25, -0.2) is 0 Å². The van der Waals surface area contributed by atoms with Gasteiger partial charge in [-0.05, 0) is 18.8 Å². The molecule has 1 rings (SSSR count). The Labute approximate surface area is 112 Å². The lowest BCUT2D eigenvalue weighted by atomic mass is 9.78. The molecule has 19 heavy (non-hydrogen) atoms. The van der Waals surface area contributed by atoms with E-state index in [1.165, 1.54) is 0 Å². The SMILES string of the molecule is C#CC(NC(=O)C1CCCCC1C(F)(F)F)C(C)C. The largest absolute Gasteiger partial charge is 0.392 e. The minimum atomic E-state index is -4.31. The lowest BCUT2D eigenvalue weighted by Gasteiger charge is -2.33. The Morgan fingerprint density at radius 3 is 2.37 bits per heavy atom. The summed E-state index contributed by atoms with van der Waals surface area (Å²) >= 11 is 0. The highest BCUT2D eigenvalue weighted by Gasteiger charge is 2.48. The molecule has 0 heterocycles. The maximum Gasteiger partial charge on any atom is 0.392 e. The number of terminal acetylenes is 1. The Bertz CT molecular complexity index is 357. The molecule has 1 aliphatic carbocycles. The third-order valence-corrected chi connectivity index (χ3v) is 3.67. The molecule has 0 spiro atoms. The van der Waals surface area contributed by atoms with Gasteiger partial charge in [-0.3, -0.25) is 4.79 Å². The summed E-state index contributed by atoms with van der Waals surface area (Å²) in [6.45, 7) is 3.65. The normalized spacial score (nSPS) is 25.7. The minimum Gasteiger partial charge on any atom is -0.342 e. The van der Waals surface area contributed by atoms with E-state index < -0.39 is 30.0 Å².